The van der Waals surface area contributed by atoms with Gasteiger partial charge in [-0.2, -0.15) is 0 Å². The van der Waals surface area contributed by atoms with Crippen LogP contribution in [0.25, 0.3) is 10.6 Å². The molecule has 0 radical (unpaired) electrons. The highest BCUT2D eigenvalue weighted by molar-refractivity contribution is 7.98. The van der Waals surface area contributed by atoms with E-state index in [0.717, 1.165) is 34.0 Å². The van der Waals surface area contributed by atoms with Gasteiger partial charge >= 0.3 is 0 Å². The zero-order valence-corrected chi connectivity index (χ0v) is 14.5. The fraction of sp³-hybridized carbons (Fsp3) is 0.312. The summed E-state index contributed by atoms with van der Waals surface area (Å²) in [5.41, 5.74) is 3.54. The second kappa shape index (κ2) is 6.62. The molecular formula is C16H18N4S2. The summed E-state index contributed by atoms with van der Waals surface area (Å²) in [6.07, 6.45) is 0. The van der Waals surface area contributed by atoms with Gasteiger partial charge in [0, 0.05) is 23.2 Å². The zero-order chi connectivity index (χ0) is 15.5. The quantitative estimate of drug-likeness (QED) is 0.653. The van der Waals surface area contributed by atoms with Crippen LogP contribution in [0.2, 0.25) is 0 Å². The molecule has 0 aliphatic heterocycles. The summed E-state index contributed by atoms with van der Waals surface area (Å²) < 4.78 is 2.12. The van der Waals surface area contributed by atoms with Gasteiger partial charge in [-0.3, -0.25) is 0 Å². The van der Waals surface area contributed by atoms with E-state index >= 15 is 0 Å². The Bertz CT molecular complexity index is 759. The summed E-state index contributed by atoms with van der Waals surface area (Å²) in [4.78, 5) is 4.73. The van der Waals surface area contributed by atoms with E-state index in [0.29, 0.717) is 0 Å². The van der Waals surface area contributed by atoms with Gasteiger partial charge in [0.25, 0.3) is 0 Å². The van der Waals surface area contributed by atoms with Gasteiger partial charge in [0.15, 0.2) is 5.16 Å². The summed E-state index contributed by atoms with van der Waals surface area (Å²) in [6.45, 7) is 7.09. The molecule has 3 rings (SSSR count). The highest BCUT2D eigenvalue weighted by Gasteiger charge is 2.10. The van der Waals surface area contributed by atoms with Crippen molar-refractivity contribution in [3.05, 3.63) is 46.7 Å². The molecule has 0 bridgehead atoms. The third-order valence-corrected chi connectivity index (χ3v) is 5.36. The van der Waals surface area contributed by atoms with Crippen molar-refractivity contribution in [2.24, 2.45) is 0 Å². The molecule has 2 aromatic heterocycles. The maximum Gasteiger partial charge on any atom is 0.191 e. The minimum atomic E-state index is 0.820. The molecule has 0 amide bonds. The number of benzene rings is 1. The first-order valence-electron chi connectivity index (χ1n) is 7.21. The number of hydrogen-bond acceptors (Lipinski definition) is 5. The SMILES string of the molecule is CCn1c(C)nnc1SCc1csc(-c2ccc(C)cc2)n1. The van der Waals surface area contributed by atoms with Crippen LogP contribution in [0.4, 0.5) is 0 Å². The van der Waals surface area contributed by atoms with Crippen LogP contribution in [0.15, 0.2) is 34.8 Å². The Morgan fingerprint density at radius 1 is 1.14 bits per heavy atom. The average molecular weight is 330 g/mol. The van der Waals surface area contributed by atoms with Crippen molar-refractivity contribution in [1.82, 2.24) is 19.7 Å². The Morgan fingerprint density at radius 2 is 1.91 bits per heavy atom. The Balaban J connectivity index is 1.70. The Morgan fingerprint density at radius 3 is 2.64 bits per heavy atom. The first kappa shape index (κ1) is 15.2. The topological polar surface area (TPSA) is 43.6 Å². The Kier molecular flexibility index (Phi) is 4.59. The molecule has 0 aliphatic rings. The smallest absolute Gasteiger partial charge is 0.191 e. The van der Waals surface area contributed by atoms with Gasteiger partial charge in [-0.1, -0.05) is 41.6 Å². The lowest BCUT2D eigenvalue weighted by Crippen LogP contribution is -1.99. The van der Waals surface area contributed by atoms with Crippen LogP contribution >= 0.6 is 23.1 Å². The van der Waals surface area contributed by atoms with Crippen LogP contribution in [0, 0.1) is 13.8 Å². The lowest BCUT2D eigenvalue weighted by Gasteiger charge is -2.03. The fourth-order valence-corrected chi connectivity index (χ4v) is 4.04. The minimum absolute atomic E-state index is 0.820. The molecule has 1 aromatic carbocycles. The van der Waals surface area contributed by atoms with Crippen LogP contribution in [0.5, 0.6) is 0 Å². The van der Waals surface area contributed by atoms with Crippen molar-refractivity contribution < 1.29 is 0 Å². The van der Waals surface area contributed by atoms with E-state index in [9.17, 15) is 0 Å². The van der Waals surface area contributed by atoms with Gasteiger partial charge in [-0.05, 0) is 20.8 Å². The maximum atomic E-state index is 4.73. The van der Waals surface area contributed by atoms with Crippen molar-refractivity contribution >= 4 is 23.1 Å². The molecule has 22 heavy (non-hydrogen) atoms. The molecule has 2 heterocycles. The molecule has 3 aromatic rings. The van der Waals surface area contributed by atoms with Crippen molar-refractivity contribution in [1.29, 1.82) is 0 Å². The highest BCUT2D eigenvalue weighted by Crippen LogP contribution is 2.27. The number of hydrogen-bond donors (Lipinski definition) is 0. The first-order chi connectivity index (χ1) is 10.7. The molecule has 0 atom stereocenters. The molecular weight excluding hydrogens is 312 g/mol. The van der Waals surface area contributed by atoms with E-state index in [2.05, 4.69) is 58.3 Å². The second-order valence-corrected chi connectivity index (χ2v) is 6.87. The van der Waals surface area contributed by atoms with Crippen molar-refractivity contribution in [3.63, 3.8) is 0 Å². The molecule has 0 unspecified atom stereocenters. The average Bonchev–Trinajstić information content (AvgIpc) is 3.12. The first-order valence-corrected chi connectivity index (χ1v) is 9.08. The number of nitrogens with zero attached hydrogens (tertiary/aromatic N) is 4. The lowest BCUT2D eigenvalue weighted by molar-refractivity contribution is 0.662. The minimum Gasteiger partial charge on any atom is -0.307 e. The molecule has 0 N–H and O–H groups in total. The van der Waals surface area contributed by atoms with Crippen molar-refractivity contribution in [2.45, 2.75) is 38.2 Å². The Hall–Kier alpha value is -1.66. The maximum absolute atomic E-state index is 4.73. The third kappa shape index (κ3) is 3.23. The third-order valence-electron chi connectivity index (χ3n) is 3.42. The lowest BCUT2D eigenvalue weighted by atomic mass is 10.2. The molecule has 0 fully saturated rings. The van der Waals surface area contributed by atoms with E-state index in [1.54, 1.807) is 23.1 Å². The van der Waals surface area contributed by atoms with Crippen LogP contribution in [-0.4, -0.2) is 19.7 Å². The van der Waals surface area contributed by atoms with Gasteiger partial charge in [0.2, 0.25) is 0 Å². The monoisotopic (exact) mass is 330 g/mol. The summed E-state index contributed by atoms with van der Waals surface area (Å²) in [7, 11) is 0. The standard InChI is InChI=1S/C16H18N4S2/c1-4-20-12(3)18-19-16(20)22-10-14-9-21-15(17-14)13-7-5-11(2)6-8-13/h5-9H,4,10H2,1-3H3. The molecule has 114 valence electrons. The van der Waals surface area contributed by atoms with Crippen LogP contribution in [0.1, 0.15) is 24.0 Å². The fourth-order valence-electron chi connectivity index (χ4n) is 2.17. The van der Waals surface area contributed by atoms with Crippen molar-refractivity contribution in [2.75, 3.05) is 0 Å². The summed E-state index contributed by atoms with van der Waals surface area (Å²) in [5.74, 6) is 1.78. The number of aromatic nitrogens is 4. The second-order valence-electron chi connectivity index (χ2n) is 5.07. The largest absolute Gasteiger partial charge is 0.307 e. The van der Waals surface area contributed by atoms with Gasteiger partial charge in [-0.15, -0.1) is 21.5 Å². The van der Waals surface area contributed by atoms with E-state index in [4.69, 9.17) is 4.98 Å². The van der Waals surface area contributed by atoms with Crippen LogP contribution in [0.3, 0.4) is 0 Å². The van der Waals surface area contributed by atoms with E-state index < -0.39 is 0 Å². The van der Waals surface area contributed by atoms with Crippen LogP contribution in [-0.2, 0) is 12.3 Å². The molecule has 0 saturated heterocycles. The summed E-state index contributed by atoms with van der Waals surface area (Å²) in [5, 5.41) is 12.5. The predicted octanol–water partition coefficient (Wildman–Crippen LogP) is 4.33. The number of thioether (sulfide) groups is 1. The highest BCUT2D eigenvalue weighted by atomic mass is 32.2. The Labute approximate surface area is 138 Å². The van der Waals surface area contributed by atoms with Gasteiger partial charge < -0.3 is 4.57 Å². The predicted molar refractivity (Wildman–Crippen MR) is 92.3 cm³/mol. The summed E-state index contributed by atoms with van der Waals surface area (Å²) >= 11 is 3.38. The number of rotatable bonds is 5. The molecule has 6 heteroatoms. The van der Waals surface area contributed by atoms with Gasteiger partial charge in [0.1, 0.15) is 10.8 Å². The normalized spacial score (nSPS) is 11.0. The number of aryl methyl sites for hydroxylation is 2. The molecule has 0 aliphatic carbocycles. The molecule has 4 nitrogen and oxygen atoms in total. The van der Waals surface area contributed by atoms with E-state index in [1.807, 2.05) is 6.92 Å². The number of thiazole rings is 1. The molecule has 0 spiro atoms. The van der Waals surface area contributed by atoms with E-state index in [-0.39, 0.29) is 0 Å². The molecule has 0 saturated carbocycles. The summed E-state index contributed by atoms with van der Waals surface area (Å²) in [6, 6.07) is 8.50. The van der Waals surface area contributed by atoms with Gasteiger partial charge in [0.05, 0.1) is 5.69 Å². The van der Waals surface area contributed by atoms with Gasteiger partial charge in [-0.25, -0.2) is 4.98 Å². The zero-order valence-electron chi connectivity index (χ0n) is 12.9. The van der Waals surface area contributed by atoms with Crippen LogP contribution < -0.4 is 0 Å². The van der Waals surface area contributed by atoms with Crippen molar-refractivity contribution in [3.8, 4) is 10.6 Å². The van der Waals surface area contributed by atoms with E-state index in [1.165, 1.54) is 11.1 Å².